The smallest absolute Gasteiger partial charge is 0.255 e. The van der Waals surface area contributed by atoms with Crippen molar-refractivity contribution >= 4 is 46.6 Å². The molecule has 154 valence electrons. The molecule has 0 bridgehead atoms. The summed E-state index contributed by atoms with van der Waals surface area (Å²) in [7, 11) is 1.66. The number of hydrogen-bond donors (Lipinski definition) is 1. The molecule has 2 aromatic heterocycles. The van der Waals surface area contributed by atoms with Crippen molar-refractivity contribution in [2.75, 3.05) is 12.4 Å². The zero-order valence-electron chi connectivity index (χ0n) is 16.4. The molecule has 6 nitrogen and oxygen atoms in total. The van der Waals surface area contributed by atoms with Crippen LogP contribution in [0.5, 0.6) is 5.75 Å². The van der Waals surface area contributed by atoms with E-state index in [4.69, 9.17) is 27.9 Å². The van der Waals surface area contributed by atoms with Gasteiger partial charge in [0.2, 0.25) is 5.16 Å². The van der Waals surface area contributed by atoms with Gasteiger partial charge in [-0.15, -0.1) is 5.10 Å². The van der Waals surface area contributed by atoms with Crippen LogP contribution in [0.25, 0.3) is 5.78 Å². The van der Waals surface area contributed by atoms with Crippen LogP contribution in [-0.2, 0) is 12.3 Å². The Morgan fingerprint density at radius 2 is 1.77 bits per heavy atom. The molecule has 2 heterocycles. The van der Waals surface area contributed by atoms with Crippen LogP contribution in [0, 0.1) is 6.92 Å². The van der Waals surface area contributed by atoms with Gasteiger partial charge in [0, 0.05) is 24.1 Å². The van der Waals surface area contributed by atoms with Crippen molar-refractivity contribution in [3.63, 3.8) is 0 Å². The second-order valence-electron chi connectivity index (χ2n) is 6.63. The van der Waals surface area contributed by atoms with Crippen LogP contribution in [0.15, 0.2) is 53.7 Å². The molecule has 0 fully saturated rings. The maximum Gasteiger partial charge on any atom is 0.255 e. The minimum absolute atomic E-state index is 0.542. The topological polar surface area (TPSA) is 64.3 Å². The first kappa shape index (κ1) is 20.8. The first-order valence-electron chi connectivity index (χ1n) is 9.20. The summed E-state index contributed by atoms with van der Waals surface area (Å²) < 4.78 is 6.94. The number of fused-ring (bicyclic) bond motifs is 1. The van der Waals surface area contributed by atoms with Gasteiger partial charge in [-0.1, -0.05) is 53.2 Å². The Balaban J connectivity index is 1.50. The summed E-state index contributed by atoms with van der Waals surface area (Å²) in [5, 5.41) is 9.77. The average molecular weight is 460 g/mol. The maximum absolute atomic E-state index is 6.10. The Labute approximate surface area is 188 Å². The highest BCUT2D eigenvalue weighted by Gasteiger charge is 2.11. The Morgan fingerprint density at radius 3 is 2.50 bits per heavy atom. The van der Waals surface area contributed by atoms with Crippen molar-refractivity contribution in [3.05, 3.63) is 75.4 Å². The quantitative estimate of drug-likeness (QED) is 0.360. The van der Waals surface area contributed by atoms with Crippen molar-refractivity contribution < 1.29 is 4.74 Å². The monoisotopic (exact) mass is 459 g/mol. The van der Waals surface area contributed by atoms with Crippen molar-refractivity contribution in [1.82, 2.24) is 19.6 Å². The number of ether oxygens (including phenoxy) is 1. The number of nitrogens with one attached hydrogen (secondary N) is 1. The molecular formula is C21H19Cl2N5OS. The third-order valence-electron chi connectivity index (χ3n) is 4.41. The molecule has 0 aliphatic heterocycles. The van der Waals surface area contributed by atoms with Crippen molar-refractivity contribution in [3.8, 4) is 5.75 Å². The first-order chi connectivity index (χ1) is 14.5. The van der Waals surface area contributed by atoms with E-state index < -0.39 is 0 Å². The van der Waals surface area contributed by atoms with E-state index in [0.717, 1.165) is 28.4 Å². The molecule has 4 aromatic rings. The Bertz CT molecular complexity index is 1180. The molecule has 0 spiro atoms. The van der Waals surface area contributed by atoms with Crippen LogP contribution >= 0.6 is 35.0 Å². The molecule has 9 heteroatoms. The Hall–Kier alpha value is -2.48. The molecule has 0 aliphatic carbocycles. The van der Waals surface area contributed by atoms with Gasteiger partial charge in [-0.3, -0.25) is 0 Å². The summed E-state index contributed by atoms with van der Waals surface area (Å²) in [5.41, 5.74) is 3.05. The SMILES string of the molecule is COc1ccc(CNc2cc(C)nc3nc(SCc4ccc(Cl)c(Cl)c4)nn23)cc1. The van der Waals surface area contributed by atoms with E-state index >= 15 is 0 Å². The highest BCUT2D eigenvalue weighted by molar-refractivity contribution is 7.98. The molecule has 0 saturated carbocycles. The summed E-state index contributed by atoms with van der Waals surface area (Å²) >= 11 is 13.6. The highest BCUT2D eigenvalue weighted by atomic mass is 35.5. The van der Waals surface area contributed by atoms with Gasteiger partial charge in [0.05, 0.1) is 17.2 Å². The summed E-state index contributed by atoms with van der Waals surface area (Å²) in [6, 6.07) is 15.5. The van der Waals surface area contributed by atoms with Crippen LogP contribution in [0.2, 0.25) is 10.0 Å². The second-order valence-corrected chi connectivity index (χ2v) is 8.38. The summed E-state index contributed by atoms with van der Waals surface area (Å²) in [4.78, 5) is 9.05. The van der Waals surface area contributed by atoms with Gasteiger partial charge in [-0.25, -0.2) is 4.98 Å². The van der Waals surface area contributed by atoms with Crippen LogP contribution in [-0.4, -0.2) is 26.7 Å². The lowest BCUT2D eigenvalue weighted by molar-refractivity contribution is 0.414. The van der Waals surface area contributed by atoms with Crippen molar-refractivity contribution in [2.24, 2.45) is 0 Å². The predicted octanol–water partition coefficient (Wildman–Crippen LogP) is 5.65. The van der Waals surface area contributed by atoms with Crippen LogP contribution in [0.4, 0.5) is 5.82 Å². The molecule has 0 amide bonds. The maximum atomic E-state index is 6.10. The summed E-state index contributed by atoms with van der Waals surface area (Å²) in [6.45, 7) is 2.59. The van der Waals surface area contributed by atoms with E-state index in [2.05, 4.69) is 20.4 Å². The van der Waals surface area contributed by atoms with Crippen LogP contribution < -0.4 is 10.1 Å². The number of aryl methyl sites for hydroxylation is 1. The molecule has 0 unspecified atom stereocenters. The fraction of sp³-hybridized carbons (Fsp3) is 0.190. The predicted molar refractivity (Wildman–Crippen MR) is 122 cm³/mol. The molecule has 30 heavy (non-hydrogen) atoms. The summed E-state index contributed by atoms with van der Waals surface area (Å²) in [6.07, 6.45) is 0. The largest absolute Gasteiger partial charge is 0.497 e. The molecule has 4 rings (SSSR count). The van der Waals surface area contributed by atoms with Gasteiger partial charge in [0.25, 0.3) is 5.78 Å². The van der Waals surface area contributed by atoms with Crippen molar-refractivity contribution in [2.45, 2.75) is 24.4 Å². The van der Waals surface area contributed by atoms with Crippen LogP contribution in [0.3, 0.4) is 0 Å². The van der Waals surface area contributed by atoms with E-state index in [1.807, 2.05) is 49.4 Å². The minimum Gasteiger partial charge on any atom is -0.497 e. The zero-order chi connectivity index (χ0) is 21.1. The second kappa shape index (κ2) is 9.12. The first-order valence-corrected chi connectivity index (χ1v) is 10.9. The van der Waals surface area contributed by atoms with E-state index in [1.54, 1.807) is 17.7 Å². The number of halogens is 2. The molecular weight excluding hydrogens is 441 g/mol. The standard InChI is InChI=1S/C21H19Cl2N5OS/c1-13-9-19(24-11-14-3-6-16(29-2)7-4-14)28-20(25-13)26-21(27-28)30-12-15-5-8-17(22)18(23)10-15/h3-10,24H,11-12H2,1-2H3. The number of methoxy groups -OCH3 is 1. The molecule has 0 atom stereocenters. The normalized spacial score (nSPS) is 11.1. The van der Waals surface area contributed by atoms with Gasteiger partial charge in [-0.05, 0) is 42.3 Å². The number of anilines is 1. The molecule has 0 aliphatic rings. The number of benzene rings is 2. The van der Waals surface area contributed by atoms with E-state index in [-0.39, 0.29) is 0 Å². The molecule has 2 aromatic carbocycles. The lowest BCUT2D eigenvalue weighted by Crippen LogP contribution is -2.07. The average Bonchev–Trinajstić information content (AvgIpc) is 3.16. The van der Waals surface area contributed by atoms with Gasteiger partial charge >= 0.3 is 0 Å². The summed E-state index contributed by atoms with van der Waals surface area (Å²) in [5.74, 6) is 2.91. The molecule has 0 saturated heterocycles. The lowest BCUT2D eigenvalue weighted by atomic mass is 10.2. The van der Waals surface area contributed by atoms with E-state index in [1.165, 1.54) is 11.8 Å². The van der Waals surface area contributed by atoms with Crippen molar-refractivity contribution in [1.29, 1.82) is 0 Å². The van der Waals surface area contributed by atoms with Crippen LogP contribution in [0.1, 0.15) is 16.8 Å². The fourth-order valence-corrected chi connectivity index (χ4v) is 3.95. The number of aromatic nitrogens is 4. The number of rotatable bonds is 7. The van der Waals surface area contributed by atoms with Gasteiger partial charge in [-0.2, -0.15) is 9.50 Å². The lowest BCUT2D eigenvalue weighted by Gasteiger charge is -2.09. The fourth-order valence-electron chi connectivity index (χ4n) is 2.87. The number of hydrogen-bond acceptors (Lipinski definition) is 6. The number of nitrogens with zero attached hydrogens (tertiary/aromatic N) is 4. The van der Waals surface area contributed by atoms with Gasteiger partial charge in [0.1, 0.15) is 11.6 Å². The molecule has 1 N–H and O–H groups in total. The number of thioether (sulfide) groups is 1. The third kappa shape index (κ3) is 4.80. The minimum atomic E-state index is 0.542. The van der Waals surface area contributed by atoms with Gasteiger partial charge in [0.15, 0.2) is 0 Å². The zero-order valence-corrected chi connectivity index (χ0v) is 18.7. The Morgan fingerprint density at radius 1 is 1.00 bits per heavy atom. The van der Waals surface area contributed by atoms with E-state index in [9.17, 15) is 0 Å². The Kier molecular flexibility index (Phi) is 6.32. The van der Waals surface area contributed by atoms with E-state index in [0.29, 0.717) is 33.3 Å². The molecule has 0 radical (unpaired) electrons. The van der Waals surface area contributed by atoms with Gasteiger partial charge < -0.3 is 10.1 Å². The highest BCUT2D eigenvalue weighted by Crippen LogP contribution is 2.27. The third-order valence-corrected chi connectivity index (χ3v) is 6.05.